The van der Waals surface area contributed by atoms with Crippen LogP contribution in [-0.2, 0) is 6.42 Å². The summed E-state index contributed by atoms with van der Waals surface area (Å²) in [6.07, 6.45) is 12.1. The minimum atomic E-state index is 0.596. The van der Waals surface area contributed by atoms with Crippen LogP contribution in [0.2, 0.25) is 0 Å². The number of fused-ring (bicyclic) bond motifs is 1. The molecule has 5 heteroatoms. The summed E-state index contributed by atoms with van der Waals surface area (Å²) in [6, 6.07) is 17.3. The van der Waals surface area contributed by atoms with E-state index in [0.717, 1.165) is 33.0 Å². The van der Waals surface area contributed by atoms with Gasteiger partial charge in [0.15, 0.2) is 0 Å². The van der Waals surface area contributed by atoms with E-state index in [1.165, 1.54) is 55.2 Å². The average molecular weight is 487 g/mol. The van der Waals surface area contributed by atoms with Crippen molar-refractivity contribution in [3.63, 3.8) is 0 Å². The Morgan fingerprint density at radius 2 is 1.86 bits per heavy atom. The highest BCUT2D eigenvalue weighted by atomic mass is 32.2. The molecule has 0 bridgehead atoms. The summed E-state index contributed by atoms with van der Waals surface area (Å²) in [5.41, 5.74) is 9.60. The normalized spacial score (nSPS) is 14.5. The molecule has 0 spiro atoms. The molecule has 0 atom stereocenters. The average Bonchev–Trinajstić information content (AvgIpc) is 2.89. The quantitative estimate of drug-likeness (QED) is 0.334. The van der Waals surface area contributed by atoms with E-state index < -0.39 is 0 Å². The van der Waals surface area contributed by atoms with Crippen molar-refractivity contribution < 1.29 is 0 Å². The molecular weight excluding hydrogens is 448 g/mol. The summed E-state index contributed by atoms with van der Waals surface area (Å²) in [4.78, 5) is 5.41. The Morgan fingerprint density at radius 3 is 2.49 bits per heavy atom. The SMILES string of the molecule is C/C=C\c1ccc(CC2CCNCC2)cc1.C=C(N)S/C(=C\C)c1ccc2cnc(NC)cc2c1. The largest absolute Gasteiger partial charge is 0.394 e. The highest BCUT2D eigenvalue weighted by Gasteiger charge is 2.13. The number of hydrogen-bond acceptors (Lipinski definition) is 5. The van der Waals surface area contributed by atoms with E-state index in [0.29, 0.717) is 5.03 Å². The Hall–Kier alpha value is -3.02. The molecule has 2 aromatic carbocycles. The lowest BCUT2D eigenvalue weighted by Gasteiger charge is -2.22. The zero-order chi connectivity index (χ0) is 25.0. The Balaban J connectivity index is 0.000000198. The summed E-state index contributed by atoms with van der Waals surface area (Å²) in [7, 11) is 1.86. The second-order valence-electron chi connectivity index (χ2n) is 8.74. The number of nitrogens with two attached hydrogens (primary N) is 1. The van der Waals surface area contributed by atoms with E-state index in [1.807, 2.05) is 32.3 Å². The molecule has 0 amide bonds. The molecule has 1 aliphatic rings. The topological polar surface area (TPSA) is 63.0 Å². The molecule has 1 fully saturated rings. The van der Waals surface area contributed by atoms with Gasteiger partial charge in [-0.1, -0.05) is 73.0 Å². The van der Waals surface area contributed by atoms with Crippen molar-refractivity contribution in [3.8, 4) is 0 Å². The van der Waals surface area contributed by atoms with Crippen LogP contribution in [0.3, 0.4) is 0 Å². The van der Waals surface area contributed by atoms with Crippen LogP contribution in [0.1, 0.15) is 43.4 Å². The number of piperidine rings is 1. The number of pyridine rings is 1. The summed E-state index contributed by atoms with van der Waals surface area (Å²) in [6.45, 7) is 10.2. The molecule has 1 saturated heterocycles. The number of benzene rings is 2. The Labute approximate surface area is 214 Å². The third-order valence-corrected chi connectivity index (χ3v) is 7.04. The predicted molar refractivity (Wildman–Crippen MR) is 156 cm³/mol. The summed E-state index contributed by atoms with van der Waals surface area (Å²) in [5.74, 6) is 1.75. The number of nitrogens with one attached hydrogen (secondary N) is 2. The van der Waals surface area contributed by atoms with E-state index in [4.69, 9.17) is 5.73 Å². The molecule has 35 heavy (non-hydrogen) atoms. The second kappa shape index (κ2) is 13.8. The fourth-order valence-electron chi connectivity index (χ4n) is 4.23. The molecule has 0 unspecified atom stereocenters. The van der Waals surface area contributed by atoms with Crippen molar-refractivity contribution in [1.29, 1.82) is 0 Å². The maximum atomic E-state index is 5.67. The van der Waals surface area contributed by atoms with Gasteiger partial charge in [-0.2, -0.15) is 0 Å². The molecule has 0 radical (unpaired) electrons. The van der Waals surface area contributed by atoms with Gasteiger partial charge < -0.3 is 16.4 Å². The second-order valence-corrected chi connectivity index (χ2v) is 9.91. The van der Waals surface area contributed by atoms with Gasteiger partial charge in [0, 0.05) is 23.5 Å². The van der Waals surface area contributed by atoms with Gasteiger partial charge in [0.2, 0.25) is 0 Å². The van der Waals surface area contributed by atoms with Gasteiger partial charge in [0.25, 0.3) is 0 Å². The molecule has 184 valence electrons. The fraction of sp³-hybridized carbons (Fsp3) is 0.300. The van der Waals surface area contributed by atoms with Crippen LogP contribution < -0.4 is 16.4 Å². The molecule has 4 nitrogen and oxygen atoms in total. The monoisotopic (exact) mass is 486 g/mol. The van der Waals surface area contributed by atoms with E-state index in [1.54, 1.807) is 0 Å². The first kappa shape index (κ1) is 26.6. The lowest BCUT2D eigenvalue weighted by Crippen LogP contribution is -2.28. The molecule has 1 aliphatic heterocycles. The molecule has 2 heterocycles. The third-order valence-electron chi connectivity index (χ3n) is 6.09. The standard InChI is InChI=1S/C15H17N3S.C15H21N/c1-4-14(19-10(2)16)11-5-6-12-9-18-15(17-3)8-13(12)7-11;1-2-3-13-4-6-14(7-5-13)12-15-8-10-16-11-9-15/h4-9H,2,16H2,1,3H3,(H,17,18);2-7,15-16H,8-12H2,1H3/b14-4-;3-2-. The van der Waals surface area contributed by atoms with E-state index in [9.17, 15) is 0 Å². The van der Waals surface area contributed by atoms with Crippen molar-refractivity contribution in [2.75, 3.05) is 25.5 Å². The van der Waals surface area contributed by atoms with Gasteiger partial charge in [-0.15, -0.1) is 0 Å². The first-order valence-electron chi connectivity index (χ1n) is 12.3. The molecule has 0 saturated carbocycles. The molecule has 4 N–H and O–H groups in total. The highest BCUT2D eigenvalue weighted by molar-refractivity contribution is 8.11. The molecule has 4 rings (SSSR count). The van der Waals surface area contributed by atoms with E-state index in [-0.39, 0.29) is 0 Å². The third kappa shape index (κ3) is 8.30. The van der Waals surface area contributed by atoms with Gasteiger partial charge in [0.05, 0.1) is 5.03 Å². The van der Waals surface area contributed by atoms with Crippen molar-refractivity contribution in [3.05, 3.63) is 95.2 Å². The van der Waals surface area contributed by atoms with E-state index in [2.05, 4.69) is 83.7 Å². The van der Waals surface area contributed by atoms with Crippen molar-refractivity contribution in [1.82, 2.24) is 10.3 Å². The number of allylic oxidation sites excluding steroid dienone is 2. The maximum Gasteiger partial charge on any atom is 0.126 e. The first-order valence-corrected chi connectivity index (χ1v) is 13.1. The Morgan fingerprint density at radius 1 is 1.11 bits per heavy atom. The molecular formula is C30H38N4S. The zero-order valence-corrected chi connectivity index (χ0v) is 22.0. The van der Waals surface area contributed by atoms with Gasteiger partial charge >= 0.3 is 0 Å². The van der Waals surface area contributed by atoms with Crippen LogP contribution >= 0.6 is 11.8 Å². The van der Waals surface area contributed by atoms with Gasteiger partial charge in [-0.25, -0.2) is 4.98 Å². The molecule has 1 aromatic heterocycles. The molecule has 3 aromatic rings. The predicted octanol–water partition coefficient (Wildman–Crippen LogP) is 7.06. The van der Waals surface area contributed by atoms with Gasteiger partial charge in [-0.3, -0.25) is 0 Å². The van der Waals surface area contributed by atoms with Gasteiger partial charge in [-0.05, 0) is 86.3 Å². The maximum absolute atomic E-state index is 5.67. The lowest BCUT2D eigenvalue weighted by molar-refractivity contribution is 0.372. The summed E-state index contributed by atoms with van der Waals surface area (Å²) < 4.78 is 0. The van der Waals surface area contributed by atoms with Crippen molar-refractivity contribution >= 4 is 39.3 Å². The fourth-order valence-corrected chi connectivity index (χ4v) is 4.88. The minimum absolute atomic E-state index is 0.596. The Kier molecular flexibility index (Phi) is 10.5. The first-order chi connectivity index (χ1) is 17.0. The summed E-state index contributed by atoms with van der Waals surface area (Å²) in [5, 5.41) is 9.33. The number of anilines is 1. The number of aromatic nitrogens is 1. The number of nitrogens with zero attached hydrogens (tertiary/aromatic N) is 1. The van der Waals surface area contributed by atoms with Crippen molar-refractivity contribution in [2.24, 2.45) is 11.7 Å². The van der Waals surface area contributed by atoms with Crippen LogP contribution in [0.5, 0.6) is 0 Å². The smallest absolute Gasteiger partial charge is 0.126 e. The number of rotatable bonds is 7. The van der Waals surface area contributed by atoms with Crippen LogP contribution in [0.15, 0.2) is 78.5 Å². The highest BCUT2D eigenvalue weighted by Crippen LogP contribution is 2.32. The van der Waals surface area contributed by atoms with Crippen molar-refractivity contribution in [2.45, 2.75) is 33.1 Å². The minimum Gasteiger partial charge on any atom is -0.394 e. The van der Waals surface area contributed by atoms with Crippen LogP contribution in [0.4, 0.5) is 5.82 Å². The lowest BCUT2D eigenvalue weighted by atomic mass is 9.91. The van der Waals surface area contributed by atoms with Crippen LogP contribution in [0, 0.1) is 5.92 Å². The van der Waals surface area contributed by atoms with E-state index >= 15 is 0 Å². The Bertz CT molecular complexity index is 1160. The van der Waals surface area contributed by atoms with Crippen LogP contribution in [-0.4, -0.2) is 25.1 Å². The van der Waals surface area contributed by atoms with Gasteiger partial charge in [0.1, 0.15) is 5.82 Å². The zero-order valence-electron chi connectivity index (χ0n) is 21.2. The summed E-state index contributed by atoms with van der Waals surface area (Å²) >= 11 is 1.48. The molecule has 0 aliphatic carbocycles. The number of thioether (sulfide) groups is 1. The number of hydrogen-bond donors (Lipinski definition) is 3. The van der Waals surface area contributed by atoms with Crippen LogP contribution in [0.25, 0.3) is 21.8 Å².